The molecule has 6 nitrogen and oxygen atoms in total. The van der Waals surface area contributed by atoms with E-state index < -0.39 is 11.1 Å². The first-order valence-corrected chi connectivity index (χ1v) is 8.68. The van der Waals surface area contributed by atoms with Gasteiger partial charge >= 0.3 is 0 Å². The second-order valence-corrected chi connectivity index (χ2v) is 6.48. The van der Waals surface area contributed by atoms with Crippen LogP contribution in [-0.2, 0) is 24.7 Å². The highest BCUT2D eigenvalue weighted by atomic mass is 32.2. The number of benzene rings is 1. The molecule has 2 heterocycles. The van der Waals surface area contributed by atoms with E-state index in [1.165, 1.54) is 4.57 Å². The van der Waals surface area contributed by atoms with Crippen molar-refractivity contribution in [2.45, 2.75) is 6.54 Å². The van der Waals surface area contributed by atoms with Gasteiger partial charge in [-0.2, -0.15) is 5.10 Å². The van der Waals surface area contributed by atoms with E-state index in [-0.39, 0.29) is 11.3 Å². The average molecular weight is 343 g/mol. The lowest BCUT2D eigenvalue weighted by Crippen LogP contribution is -2.15. The lowest BCUT2D eigenvalue weighted by atomic mass is 9.98. The van der Waals surface area contributed by atoms with Crippen LogP contribution in [0.3, 0.4) is 0 Å². The van der Waals surface area contributed by atoms with E-state index in [2.05, 4.69) is 5.10 Å². The summed E-state index contributed by atoms with van der Waals surface area (Å²) in [5.74, 6) is 0.125. The highest BCUT2D eigenvalue weighted by Gasteiger charge is 2.12. The van der Waals surface area contributed by atoms with Gasteiger partial charge in [0.1, 0.15) is 0 Å². The number of aromatic nitrogens is 3. The Hall–Kier alpha value is -2.51. The number of aryl methyl sites for hydroxylation is 2. The molecule has 24 heavy (non-hydrogen) atoms. The van der Waals surface area contributed by atoms with Crippen LogP contribution >= 0.6 is 0 Å². The zero-order valence-electron chi connectivity index (χ0n) is 13.1. The van der Waals surface area contributed by atoms with E-state index in [9.17, 15) is 9.00 Å². The normalized spacial score (nSPS) is 12.2. The van der Waals surface area contributed by atoms with Gasteiger partial charge in [-0.3, -0.25) is 9.48 Å². The molecule has 0 amide bonds. The van der Waals surface area contributed by atoms with Gasteiger partial charge in [-0.15, -0.1) is 0 Å². The highest BCUT2D eigenvalue weighted by molar-refractivity contribution is 7.79. The number of hydrogen-bond donors (Lipinski definition) is 1. The van der Waals surface area contributed by atoms with E-state index in [0.29, 0.717) is 6.54 Å². The highest BCUT2D eigenvalue weighted by Crippen LogP contribution is 2.30. The third-order valence-corrected chi connectivity index (χ3v) is 4.28. The van der Waals surface area contributed by atoms with E-state index in [1.54, 1.807) is 30.2 Å². The molecule has 7 heteroatoms. The Morgan fingerprint density at radius 1 is 1.12 bits per heavy atom. The lowest BCUT2D eigenvalue weighted by Gasteiger charge is -2.10. The molecule has 2 aromatic heterocycles. The summed E-state index contributed by atoms with van der Waals surface area (Å²) in [4.78, 5) is 12.1. The third kappa shape index (κ3) is 3.52. The Morgan fingerprint density at radius 2 is 1.88 bits per heavy atom. The van der Waals surface area contributed by atoms with E-state index in [0.717, 1.165) is 22.3 Å². The summed E-state index contributed by atoms with van der Waals surface area (Å²) in [7, 11) is 1.71. The second kappa shape index (κ2) is 6.94. The fraction of sp³-hybridized carbons (Fsp3) is 0.176. The standard InChI is InChI=1S/C17H17N3O3S/c1-19-12-16(14-10-18-20(11-14)7-8-24(22)23)15(9-17(19)21)13-5-3-2-4-6-13/h2-6,9-12H,7-8H2,1H3,(H,22,23). The van der Waals surface area contributed by atoms with Crippen molar-refractivity contribution in [2.75, 3.05) is 5.75 Å². The topological polar surface area (TPSA) is 77.1 Å². The van der Waals surface area contributed by atoms with Gasteiger partial charge in [0, 0.05) is 36.6 Å². The van der Waals surface area contributed by atoms with Crippen LogP contribution in [0.5, 0.6) is 0 Å². The largest absolute Gasteiger partial charge is 0.318 e. The maximum absolute atomic E-state index is 12.1. The molecule has 1 atom stereocenters. The minimum absolute atomic E-state index is 0.0827. The summed E-state index contributed by atoms with van der Waals surface area (Å²) in [6.45, 7) is 0.357. The second-order valence-electron chi connectivity index (χ2n) is 5.43. The number of rotatable bonds is 5. The Kier molecular flexibility index (Phi) is 4.73. The first-order valence-electron chi connectivity index (χ1n) is 7.41. The fourth-order valence-corrected chi connectivity index (χ4v) is 2.86. The van der Waals surface area contributed by atoms with E-state index >= 15 is 0 Å². The monoisotopic (exact) mass is 343 g/mol. The van der Waals surface area contributed by atoms with Crippen LogP contribution in [0.15, 0.2) is 59.8 Å². The molecule has 3 rings (SSSR count). The van der Waals surface area contributed by atoms with Crippen LogP contribution in [0, 0.1) is 0 Å². The van der Waals surface area contributed by atoms with Gasteiger partial charge in [0.25, 0.3) is 5.56 Å². The molecule has 1 N–H and O–H groups in total. The lowest BCUT2D eigenvalue weighted by molar-refractivity contribution is 0.552. The Bertz CT molecular complexity index is 932. The maximum atomic E-state index is 12.1. The Labute approximate surface area is 141 Å². The van der Waals surface area contributed by atoms with Crippen molar-refractivity contribution in [3.8, 4) is 22.3 Å². The van der Waals surface area contributed by atoms with Gasteiger partial charge < -0.3 is 9.12 Å². The van der Waals surface area contributed by atoms with Crippen molar-refractivity contribution in [3.63, 3.8) is 0 Å². The zero-order chi connectivity index (χ0) is 17.1. The summed E-state index contributed by atoms with van der Waals surface area (Å²) in [5.41, 5.74) is 3.45. The Balaban J connectivity index is 2.06. The van der Waals surface area contributed by atoms with Gasteiger partial charge in [-0.25, -0.2) is 4.21 Å². The summed E-state index contributed by atoms with van der Waals surface area (Å²) in [5, 5.41) is 4.24. The van der Waals surface area contributed by atoms with Crippen molar-refractivity contribution in [2.24, 2.45) is 7.05 Å². The number of pyridine rings is 1. The van der Waals surface area contributed by atoms with Crippen LogP contribution in [0.2, 0.25) is 0 Å². The molecular formula is C17H17N3O3S. The summed E-state index contributed by atoms with van der Waals surface area (Å²) >= 11 is -1.85. The van der Waals surface area contributed by atoms with E-state index in [4.69, 9.17) is 4.55 Å². The molecular weight excluding hydrogens is 326 g/mol. The SMILES string of the molecule is Cn1cc(-c2cnn(CCS(=O)O)c2)c(-c2ccccc2)cc1=O. The molecule has 0 aliphatic carbocycles. The van der Waals surface area contributed by atoms with Gasteiger partial charge in [0.2, 0.25) is 0 Å². The summed E-state index contributed by atoms with van der Waals surface area (Å²) < 4.78 is 22.9. The molecule has 1 aromatic carbocycles. The molecule has 1 unspecified atom stereocenters. The predicted molar refractivity (Wildman–Crippen MR) is 94.0 cm³/mol. The number of nitrogens with zero attached hydrogens (tertiary/aromatic N) is 3. The summed E-state index contributed by atoms with van der Waals surface area (Å²) in [6.07, 6.45) is 5.31. The van der Waals surface area contributed by atoms with Crippen LogP contribution in [-0.4, -0.2) is 28.9 Å². The smallest absolute Gasteiger partial charge is 0.250 e. The van der Waals surface area contributed by atoms with Crippen LogP contribution in [0.25, 0.3) is 22.3 Å². The molecule has 124 valence electrons. The molecule has 3 aromatic rings. The quantitative estimate of drug-likeness (QED) is 0.720. The molecule has 0 aliphatic rings. The molecule has 0 fully saturated rings. The van der Waals surface area contributed by atoms with Gasteiger partial charge in [-0.1, -0.05) is 30.3 Å². The van der Waals surface area contributed by atoms with Crippen LogP contribution in [0.1, 0.15) is 0 Å². The minimum Gasteiger partial charge on any atom is -0.318 e. The first kappa shape index (κ1) is 16.4. The molecule has 0 saturated carbocycles. The summed E-state index contributed by atoms with van der Waals surface area (Å²) in [6, 6.07) is 11.3. The number of hydrogen-bond acceptors (Lipinski definition) is 3. The van der Waals surface area contributed by atoms with Crippen molar-refractivity contribution in [1.82, 2.24) is 14.3 Å². The van der Waals surface area contributed by atoms with Gasteiger partial charge in [-0.05, 0) is 11.1 Å². The van der Waals surface area contributed by atoms with E-state index in [1.807, 2.05) is 36.5 Å². The van der Waals surface area contributed by atoms with Crippen molar-refractivity contribution in [3.05, 3.63) is 65.3 Å². The minimum atomic E-state index is -1.85. The first-order chi connectivity index (χ1) is 11.5. The van der Waals surface area contributed by atoms with Crippen LogP contribution in [0.4, 0.5) is 0 Å². The van der Waals surface area contributed by atoms with Crippen LogP contribution < -0.4 is 5.56 Å². The van der Waals surface area contributed by atoms with Crippen molar-refractivity contribution in [1.29, 1.82) is 0 Å². The average Bonchev–Trinajstić information content (AvgIpc) is 3.05. The maximum Gasteiger partial charge on any atom is 0.250 e. The predicted octanol–water partition coefficient (Wildman–Crippen LogP) is 2.14. The molecule has 0 saturated heterocycles. The van der Waals surface area contributed by atoms with Crippen molar-refractivity contribution < 1.29 is 8.76 Å². The fourth-order valence-electron chi connectivity index (χ4n) is 2.51. The third-order valence-electron chi connectivity index (χ3n) is 3.75. The molecule has 0 bridgehead atoms. The molecule has 0 aliphatic heterocycles. The molecule has 0 spiro atoms. The van der Waals surface area contributed by atoms with Gasteiger partial charge in [0.05, 0.1) is 18.5 Å². The van der Waals surface area contributed by atoms with Crippen molar-refractivity contribution >= 4 is 11.1 Å². The zero-order valence-corrected chi connectivity index (χ0v) is 13.9. The van der Waals surface area contributed by atoms with Gasteiger partial charge in [0.15, 0.2) is 11.1 Å². The molecule has 0 radical (unpaired) electrons. The Morgan fingerprint density at radius 3 is 2.58 bits per heavy atom.